The van der Waals surface area contributed by atoms with Crippen molar-refractivity contribution < 1.29 is 13.9 Å². The van der Waals surface area contributed by atoms with Gasteiger partial charge in [-0.25, -0.2) is 0 Å². The number of nitrogens with zero attached hydrogens (tertiary/aromatic N) is 4. The molecular weight excluding hydrogens is 462 g/mol. The first kappa shape index (κ1) is 21.3. The number of aliphatic imine (C=N–C) groups is 1. The number of aryl methyl sites for hydroxylation is 1. The quantitative estimate of drug-likeness (QED) is 0.530. The summed E-state index contributed by atoms with van der Waals surface area (Å²) in [5.41, 5.74) is 3.68. The van der Waals surface area contributed by atoms with E-state index in [1.165, 1.54) is 16.8 Å². The van der Waals surface area contributed by atoms with Gasteiger partial charge in [-0.1, -0.05) is 11.6 Å². The molecule has 0 aliphatic carbocycles. The Morgan fingerprint density at radius 2 is 2.06 bits per heavy atom. The van der Waals surface area contributed by atoms with Crippen molar-refractivity contribution in [1.82, 2.24) is 9.58 Å². The number of aromatic nitrogens is 1. The molecule has 1 amide bonds. The van der Waals surface area contributed by atoms with Crippen LogP contribution in [0, 0.1) is 19.3 Å². The van der Waals surface area contributed by atoms with Crippen molar-refractivity contribution in [2.45, 2.75) is 13.8 Å². The largest absolute Gasteiger partial charge is 0.495 e. The summed E-state index contributed by atoms with van der Waals surface area (Å²) in [7, 11) is 1.57. The van der Waals surface area contributed by atoms with Crippen LogP contribution in [-0.4, -0.2) is 38.6 Å². The molecule has 0 radical (unpaired) electrons. The maximum atomic E-state index is 12.8. The van der Waals surface area contributed by atoms with Gasteiger partial charge in [0.25, 0.3) is 5.91 Å². The molecule has 0 bridgehead atoms. The standard InChI is InChI=1S/C23H18ClN5O3S/c1-12-9-14(13(2)28(12)15-6-7-18(31-3)17(24)11-15)10-16-20(25)29-23(26-21(16)30)33-22(27-29)19-5-4-8-32-19/h4-11,25H,1-3H3/b16-10-,25-20?. The van der Waals surface area contributed by atoms with Gasteiger partial charge in [0.2, 0.25) is 5.17 Å². The molecule has 166 valence electrons. The molecule has 2 aliphatic rings. The van der Waals surface area contributed by atoms with Crippen LogP contribution >= 0.6 is 23.4 Å². The summed E-state index contributed by atoms with van der Waals surface area (Å²) >= 11 is 7.52. The molecular formula is C23H18ClN5O3S. The monoisotopic (exact) mass is 479 g/mol. The Hall–Kier alpha value is -3.56. The van der Waals surface area contributed by atoms with Crippen LogP contribution in [0.4, 0.5) is 0 Å². The van der Waals surface area contributed by atoms with Crippen LogP contribution in [-0.2, 0) is 4.79 Å². The SMILES string of the molecule is COc1ccc(-n2c(C)cc(/C=C3/C(=N)N4N=C(c5ccco5)SC4=NC3=O)c2C)cc1Cl. The summed E-state index contributed by atoms with van der Waals surface area (Å²) in [5, 5.41) is 15.8. The van der Waals surface area contributed by atoms with E-state index in [0.717, 1.165) is 22.6 Å². The number of halogens is 1. The third kappa shape index (κ3) is 3.59. The second-order valence-electron chi connectivity index (χ2n) is 7.38. The molecule has 33 heavy (non-hydrogen) atoms. The van der Waals surface area contributed by atoms with Crippen molar-refractivity contribution in [1.29, 1.82) is 5.41 Å². The number of amidine groups is 2. The summed E-state index contributed by atoms with van der Waals surface area (Å²) in [6, 6.07) is 11.0. The first-order valence-electron chi connectivity index (χ1n) is 9.94. The van der Waals surface area contributed by atoms with Crippen molar-refractivity contribution in [3.05, 3.63) is 76.0 Å². The van der Waals surface area contributed by atoms with E-state index in [-0.39, 0.29) is 11.4 Å². The molecule has 0 fully saturated rings. The number of carbonyl (C=O) groups is 1. The van der Waals surface area contributed by atoms with Crippen LogP contribution in [0.3, 0.4) is 0 Å². The molecule has 0 saturated heterocycles. The van der Waals surface area contributed by atoms with Crippen LogP contribution in [0.25, 0.3) is 11.8 Å². The number of hydrogen-bond acceptors (Lipinski definition) is 6. The minimum atomic E-state index is -0.480. The van der Waals surface area contributed by atoms with E-state index in [9.17, 15) is 4.79 Å². The molecule has 2 aromatic heterocycles. The van der Waals surface area contributed by atoms with Crippen molar-refractivity contribution in [3.8, 4) is 11.4 Å². The molecule has 0 saturated carbocycles. The van der Waals surface area contributed by atoms with E-state index in [1.807, 2.05) is 42.7 Å². The van der Waals surface area contributed by atoms with Crippen molar-refractivity contribution in [3.63, 3.8) is 0 Å². The van der Waals surface area contributed by atoms with Gasteiger partial charge in [0.15, 0.2) is 16.6 Å². The number of furan rings is 1. The van der Waals surface area contributed by atoms with Crippen molar-refractivity contribution >= 4 is 51.4 Å². The number of methoxy groups -OCH3 is 1. The average Bonchev–Trinajstić information content (AvgIpc) is 3.51. The first-order chi connectivity index (χ1) is 15.9. The van der Waals surface area contributed by atoms with Gasteiger partial charge in [0.1, 0.15) is 5.75 Å². The van der Waals surface area contributed by atoms with E-state index in [4.69, 9.17) is 26.2 Å². The number of benzene rings is 1. The molecule has 10 heteroatoms. The van der Waals surface area contributed by atoms with Crippen molar-refractivity contribution in [2.75, 3.05) is 7.11 Å². The van der Waals surface area contributed by atoms with Gasteiger partial charge in [-0.15, -0.1) is 0 Å². The molecule has 1 aromatic carbocycles. The fourth-order valence-electron chi connectivity index (χ4n) is 3.77. The first-order valence-corrected chi connectivity index (χ1v) is 11.1. The maximum Gasteiger partial charge on any atom is 0.283 e. The van der Waals surface area contributed by atoms with Crippen LogP contribution in [0.2, 0.25) is 5.02 Å². The second kappa shape index (κ2) is 8.09. The zero-order valence-corrected chi connectivity index (χ0v) is 19.5. The van der Waals surface area contributed by atoms with Gasteiger partial charge in [0, 0.05) is 17.1 Å². The molecule has 5 rings (SSSR count). The Morgan fingerprint density at radius 3 is 2.76 bits per heavy atom. The number of carbonyl (C=O) groups excluding carboxylic acids is 1. The smallest absolute Gasteiger partial charge is 0.283 e. The van der Waals surface area contributed by atoms with Crippen LogP contribution in [0.15, 0.2) is 62.7 Å². The zero-order chi connectivity index (χ0) is 23.3. The van der Waals surface area contributed by atoms with E-state index in [1.54, 1.807) is 31.6 Å². The Balaban J connectivity index is 1.51. The van der Waals surface area contributed by atoms with Gasteiger partial charge in [-0.3, -0.25) is 10.2 Å². The zero-order valence-electron chi connectivity index (χ0n) is 17.9. The highest BCUT2D eigenvalue weighted by Gasteiger charge is 2.36. The minimum Gasteiger partial charge on any atom is -0.495 e. The van der Waals surface area contributed by atoms with E-state index >= 15 is 0 Å². The number of nitrogens with one attached hydrogen (secondary N) is 1. The van der Waals surface area contributed by atoms with Crippen LogP contribution in [0.5, 0.6) is 5.75 Å². The predicted octanol–water partition coefficient (Wildman–Crippen LogP) is 5.02. The predicted molar refractivity (Wildman–Crippen MR) is 130 cm³/mol. The number of rotatable bonds is 4. The third-order valence-electron chi connectivity index (χ3n) is 5.35. The fourth-order valence-corrected chi connectivity index (χ4v) is 4.88. The van der Waals surface area contributed by atoms with Gasteiger partial charge in [-0.05, 0) is 73.6 Å². The lowest BCUT2D eigenvalue weighted by atomic mass is 10.1. The molecule has 4 heterocycles. The topological polar surface area (TPSA) is 96.2 Å². The van der Waals surface area contributed by atoms with Crippen LogP contribution < -0.4 is 4.74 Å². The molecule has 8 nitrogen and oxygen atoms in total. The number of hydrogen-bond donors (Lipinski definition) is 1. The Morgan fingerprint density at radius 1 is 1.24 bits per heavy atom. The number of amides is 1. The maximum absolute atomic E-state index is 12.8. The fraction of sp³-hybridized carbons (Fsp3) is 0.130. The van der Waals surface area contributed by atoms with E-state index < -0.39 is 5.91 Å². The lowest BCUT2D eigenvalue weighted by molar-refractivity contribution is -0.114. The Kier molecular flexibility index (Phi) is 5.22. The third-order valence-corrected chi connectivity index (χ3v) is 6.57. The van der Waals surface area contributed by atoms with Gasteiger partial charge >= 0.3 is 0 Å². The number of thioether (sulfide) groups is 1. The average molecular weight is 480 g/mol. The number of fused-ring (bicyclic) bond motifs is 1. The van der Waals surface area contributed by atoms with Crippen molar-refractivity contribution in [2.24, 2.45) is 10.1 Å². The highest BCUT2D eigenvalue weighted by Crippen LogP contribution is 2.33. The summed E-state index contributed by atoms with van der Waals surface area (Å²) in [4.78, 5) is 16.9. The summed E-state index contributed by atoms with van der Waals surface area (Å²) in [6.45, 7) is 3.91. The normalized spacial score (nSPS) is 16.8. The number of hydrazone groups is 1. The lowest BCUT2D eigenvalue weighted by Crippen LogP contribution is -2.35. The summed E-state index contributed by atoms with van der Waals surface area (Å²) in [5.74, 6) is 0.644. The molecule has 0 spiro atoms. The van der Waals surface area contributed by atoms with E-state index in [0.29, 0.717) is 26.7 Å². The van der Waals surface area contributed by atoms with E-state index in [2.05, 4.69) is 10.1 Å². The second-order valence-corrected chi connectivity index (χ2v) is 8.75. The lowest BCUT2D eigenvalue weighted by Gasteiger charge is -2.20. The molecule has 2 aliphatic heterocycles. The van der Waals surface area contributed by atoms with Gasteiger partial charge in [-0.2, -0.15) is 15.1 Å². The minimum absolute atomic E-state index is 0.0312. The summed E-state index contributed by atoms with van der Waals surface area (Å²) < 4.78 is 12.7. The highest BCUT2D eigenvalue weighted by atomic mass is 35.5. The molecule has 3 aromatic rings. The van der Waals surface area contributed by atoms with Gasteiger partial charge < -0.3 is 13.7 Å². The molecule has 0 unspecified atom stereocenters. The summed E-state index contributed by atoms with van der Waals surface area (Å²) in [6.07, 6.45) is 3.23. The van der Waals surface area contributed by atoms with Gasteiger partial charge in [0.05, 0.1) is 24.0 Å². The number of ether oxygens (including phenoxy) is 1. The Labute approximate surface area is 198 Å². The molecule has 0 atom stereocenters. The Bertz CT molecular complexity index is 1400. The highest BCUT2D eigenvalue weighted by molar-refractivity contribution is 8.27. The molecule has 1 N–H and O–H groups in total. The van der Waals surface area contributed by atoms with Crippen LogP contribution in [0.1, 0.15) is 22.7 Å².